The Morgan fingerprint density at radius 3 is 2.89 bits per heavy atom. The minimum atomic E-state index is -1.16. The Balaban J connectivity index is 1.54. The van der Waals surface area contributed by atoms with Crippen LogP contribution in [0.2, 0.25) is 0 Å². The van der Waals surface area contributed by atoms with Crippen molar-refractivity contribution in [1.29, 1.82) is 0 Å². The first-order chi connectivity index (χ1) is 13.4. The van der Waals surface area contributed by atoms with E-state index in [1.54, 1.807) is 12.1 Å². The fourth-order valence-corrected chi connectivity index (χ4v) is 4.69. The van der Waals surface area contributed by atoms with Crippen LogP contribution in [-0.2, 0) is 11.2 Å². The van der Waals surface area contributed by atoms with Crippen LogP contribution in [0.5, 0.6) is 11.5 Å². The zero-order chi connectivity index (χ0) is 20.3. The maximum atomic E-state index is 12.2. The number of ether oxygens (including phenoxy) is 1. The second kappa shape index (κ2) is 9.06. The van der Waals surface area contributed by atoms with E-state index in [4.69, 9.17) is 15.1 Å². The molecule has 8 nitrogen and oxygen atoms in total. The van der Waals surface area contributed by atoms with E-state index < -0.39 is 13.1 Å². The summed E-state index contributed by atoms with van der Waals surface area (Å²) in [4.78, 5) is 25.5. The van der Waals surface area contributed by atoms with E-state index >= 15 is 0 Å². The number of thioether (sulfide) groups is 1. The number of hydrogen-bond donors (Lipinski definition) is 3. The van der Waals surface area contributed by atoms with Gasteiger partial charge in [-0.3, -0.25) is 4.79 Å². The summed E-state index contributed by atoms with van der Waals surface area (Å²) >= 11 is 1.53. The molecule has 1 aromatic carbocycles. The molecule has 0 radical (unpaired) electrons. The number of benzene rings is 1. The summed E-state index contributed by atoms with van der Waals surface area (Å²) < 4.78 is 10.6. The second-order valence-corrected chi connectivity index (χ2v) is 8.40. The molecule has 2 heterocycles. The maximum Gasteiger partial charge on any atom is 0.536 e. The fraction of sp³-hybridized carbons (Fsp3) is 0.556. The lowest BCUT2D eigenvalue weighted by molar-refractivity contribution is -0.130. The van der Waals surface area contributed by atoms with Gasteiger partial charge in [-0.2, -0.15) is 11.8 Å². The van der Waals surface area contributed by atoms with Crippen molar-refractivity contribution in [3.8, 4) is 11.5 Å². The van der Waals surface area contributed by atoms with E-state index in [0.717, 1.165) is 18.5 Å². The Morgan fingerprint density at radius 2 is 2.25 bits per heavy atom. The summed E-state index contributed by atoms with van der Waals surface area (Å²) in [6, 6.07) is 3.45. The standard InChI is InChI=1S/C18H25BN2O6S/c1-26-13-5-4-11-9-14(19(25)27-17(11)16(13)18(23)24)28-8-2-3-15(22)21-7-6-12(20)10-21/h4-5,12,14,25H,2-3,6-10,20H2,1H3,(H,23,24). The highest BCUT2D eigenvalue weighted by atomic mass is 32.2. The van der Waals surface area contributed by atoms with Gasteiger partial charge in [-0.15, -0.1) is 0 Å². The summed E-state index contributed by atoms with van der Waals surface area (Å²) in [5.74, 6) is 0.0275. The number of methoxy groups -OCH3 is 1. The molecule has 3 rings (SSSR count). The number of hydrogen-bond acceptors (Lipinski definition) is 7. The number of carboxylic acid groups (broad SMARTS) is 1. The Labute approximate surface area is 168 Å². The average Bonchev–Trinajstić information content (AvgIpc) is 3.10. The van der Waals surface area contributed by atoms with Crippen LogP contribution in [0.25, 0.3) is 0 Å². The molecule has 1 aromatic rings. The highest BCUT2D eigenvalue weighted by Crippen LogP contribution is 2.38. The Bertz CT molecular complexity index is 749. The van der Waals surface area contributed by atoms with Gasteiger partial charge in [-0.05, 0) is 36.6 Å². The molecule has 0 aromatic heterocycles. The first-order valence-electron chi connectivity index (χ1n) is 9.33. The van der Waals surface area contributed by atoms with Crippen molar-refractivity contribution >= 4 is 30.8 Å². The van der Waals surface area contributed by atoms with E-state index in [0.29, 0.717) is 31.6 Å². The molecule has 2 unspecified atom stereocenters. The van der Waals surface area contributed by atoms with E-state index in [1.165, 1.54) is 18.9 Å². The van der Waals surface area contributed by atoms with Crippen LogP contribution in [-0.4, -0.2) is 71.2 Å². The first kappa shape index (κ1) is 20.8. The summed E-state index contributed by atoms with van der Waals surface area (Å²) in [6.07, 6.45) is 2.50. The van der Waals surface area contributed by atoms with Crippen LogP contribution in [0.15, 0.2) is 12.1 Å². The van der Waals surface area contributed by atoms with Gasteiger partial charge in [0.2, 0.25) is 5.91 Å². The topological polar surface area (TPSA) is 122 Å². The predicted octanol–water partition coefficient (Wildman–Crippen LogP) is 0.790. The van der Waals surface area contributed by atoms with Gasteiger partial charge in [-0.1, -0.05) is 6.07 Å². The molecule has 10 heteroatoms. The third-order valence-electron chi connectivity index (χ3n) is 5.06. The van der Waals surface area contributed by atoms with Crippen molar-refractivity contribution in [2.45, 2.75) is 36.9 Å². The monoisotopic (exact) mass is 408 g/mol. The largest absolute Gasteiger partial charge is 0.536 e. The molecule has 1 amide bonds. The highest BCUT2D eigenvalue weighted by molar-refractivity contribution is 8.01. The van der Waals surface area contributed by atoms with Gasteiger partial charge in [-0.25, -0.2) is 4.79 Å². The number of carbonyl (C=O) groups is 2. The molecule has 152 valence electrons. The number of nitrogens with two attached hydrogens (primary N) is 1. The zero-order valence-electron chi connectivity index (χ0n) is 15.8. The fourth-order valence-electron chi connectivity index (χ4n) is 3.56. The Kier molecular flexibility index (Phi) is 6.74. The molecule has 0 bridgehead atoms. The molecular weight excluding hydrogens is 383 g/mol. The van der Waals surface area contributed by atoms with Crippen LogP contribution in [0.1, 0.15) is 35.2 Å². The van der Waals surface area contributed by atoms with Crippen molar-refractivity contribution in [2.75, 3.05) is 26.0 Å². The number of nitrogens with zero attached hydrogens (tertiary/aromatic N) is 1. The highest BCUT2D eigenvalue weighted by Gasteiger charge is 2.38. The summed E-state index contributed by atoms with van der Waals surface area (Å²) in [7, 11) is 0.276. The molecule has 0 aliphatic carbocycles. The van der Waals surface area contributed by atoms with E-state index in [1.807, 2.05) is 4.90 Å². The molecule has 1 saturated heterocycles. The third-order valence-corrected chi connectivity index (χ3v) is 6.41. The van der Waals surface area contributed by atoms with Crippen molar-refractivity contribution in [3.63, 3.8) is 0 Å². The van der Waals surface area contributed by atoms with Gasteiger partial charge in [0.25, 0.3) is 0 Å². The number of amides is 1. The number of rotatable bonds is 7. The van der Waals surface area contributed by atoms with Crippen molar-refractivity contribution in [2.24, 2.45) is 5.73 Å². The van der Waals surface area contributed by atoms with Crippen LogP contribution in [0.3, 0.4) is 0 Å². The molecule has 0 spiro atoms. The minimum Gasteiger partial charge on any atom is -0.534 e. The van der Waals surface area contributed by atoms with Crippen molar-refractivity contribution in [3.05, 3.63) is 23.3 Å². The number of fused-ring (bicyclic) bond motifs is 1. The van der Waals surface area contributed by atoms with E-state index in [2.05, 4.69) is 0 Å². The Hall–Kier alpha value is -1.91. The third kappa shape index (κ3) is 4.56. The second-order valence-electron chi connectivity index (χ2n) is 7.05. The normalized spacial score (nSPS) is 21.2. The lowest BCUT2D eigenvalue weighted by Crippen LogP contribution is -2.41. The molecule has 2 aliphatic heterocycles. The number of aromatic carboxylic acids is 1. The molecule has 2 aliphatic rings. The van der Waals surface area contributed by atoms with Crippen LogP contribution in [0.4, 0.5) is 0 Å². The van der Waals surface area contributed by atoms with Gasteiger partial charge in [0.05, 0.1) is 12.3 Å². The number of carboxylic acids is 1. The lowest BCUT2D eigenvalue weighted by Gasteiger charge is -2.28. The molecule has 4 N–H and O–H groups in total. The molecule has 2 atom stereocenters. The van der Waals surface area contributed by atoms with Gasteiger partial charge in [0, 0.05) is 25.6 Å². The molecule has 28 heavy (non-hydrogen) atoms. The van der Waals surface area contributed by atoms with Gasteiger partial charge >= 0.3 is 13.1 Å². The van der Waals surface area contributed by atoms with Gasteiger partial charge in [0.15, 0.2) is 0 Å². The summed E-state index contributed by atoms with van der Waals surface area (Å²) in [5.41, 5.74) is 6.49. The minimum absolute atomic E-state index is 0.0723. The van der Waals surface area contributed by atoms with Crippen molar-refractivity contribution in [1.82, 2.24) is 4.90 Å². The van der Waals surface area contributed by atoms with Crippen LogP contribution < -0.4 is 15.1 Å². The SMILES string of the molecule is COc1ccc2c(c1C(=O)O)OB(O)C(SCCCC(=O)N1CCC(N)C1)C2. The number of likely N-dealkylation sites (tertiary alicyclic amines) is 1. The average molecular weight is 408 g/mol. The van der Waals surface area contributed by atoms with Crippen molar-refractivity contribution < 1.29 is 29.1 Å². The van der Waals surface area contributed by atoms with Crippen LogP contribution in [0, 0.1) is 0 Å². The molecule has 1 fully saturated rings. The summed E-state index contributed by atoms with van der Waals surface area (Å²) in [5, 5.41) is 19.6. The molecular formula is C18H25BN2O6S. The maximum absolute atomic E-state index is 12.2. The smallest absolute Gasteiger partial charge is 0.534 e. The zero-order valence-corrected chi connectivity index (χ0v) is 16.6. The summed E-state index contributed by atoms with van der Waals surface area (Å²) in [6.45, 7) is 1.36. The Morgan fingerprint density at radius 1 is 1.46 bits per heavy atom. The quantitative estimate of drug-likeness (QED) is 0.447. The van der Waals surface area contributed by atoms with Gasteiger partial charge in [0.1, 0.15) is 17.1 Å². The van der Waals surface area contributed by atoms with Gasteiger partial charge < -0.3 is 30.2 Å². The number of carbonyl (C=O) groups excluding carboxylic acids is 1. The molecule has 0 saturated carbocycles. The van der Waals surface area contributed by atoms with Crippen LogP contribution >= 0.6 is 11.8 Å². The van der Waals surface area contributed by atoms with E-state index in [9.17, 15) is 19.7 Å². The predicted molar refractivity (Wildman–Crippen MR) is 107 cm³/mol. The van der Waals surface area contributed by atoms with E-state index in [-0.39, 0.29) is 34.2 Å². The first-order valence-corrected chi connectivity index (χ1v) is 10.4. The lowest BCUT2D eigenvalue weighted by atomic mass is 9.77.